The highest BCUT2D eigenvalue weighted by atomic mass is 16.3. The number of nitrogens with zero attached hydrogens (tertiary/aromatic N) is 2. The molecule has 0 radical (unpaired) electrons. The smallest absolute Gasteiger partial charge is 0.315 e. The van der Waals surface area contributed by atoms with Crippen LogP contribution in [0.1, 0.15) is 36.8 Å². The lowest BCUT2D eigenvalue weighted by Crippen LogP contribution is -2.47. The second kappa shape index (κ2) is 8.67. The molecule has 1 fully saturated rings. The van der Waals surface area contributed by atoms with Crippen LogP contribution in [0.3, 0.4) is 0 Å². The van der Waals surface area contributed by atoms with E-state index >= 15 is 0 Å². The Morgan fingerprint density at radius 3 is 2.92 bits per heavy atom. The van der Waals surface area contributed by atoms with E-state index in [0.29, 0.717) is 6.54 Å². The van der Waals surface area contributed by atoms with Crippen molar-refractivity contribution in [1.29, 1.82) is 0 Å². The highest BCUT2D eigenvalue weighted by Gasteiger charge is 2.25. The maximum atomic E-state index is 12.2. The molecule has 1 aromatic carbocycles. The molecule has 2 aromatic rings. The van der Waals surface area contributed by atoms with E-state index in [1.54, 1.807) is 12.5 Å². The van der Waals surface area contributed by atoms with Crippen LogP contribution in [-0.4, -0.2) is 33.3 Å². The molecule has 6 heteroatoms. The lowest BCUT2D eigenvalue weighted by molar-refractivity contribution is 0.153. The summed E-state index contributed by atoms with van der Waals surface area (Å²) in [6.45, 7) is 1.39. The van der Waals surface area contributed by atoms with Crippen LogP contribution in [-0.2, 0) is 13.1 Å². The molecule has 2 unspecified atom stereocenters. The summed E-state index contributed by atoms with van der Waals surface area (Å²) >= 11 is 0. The Hall–Kier alpha value is -2.34. The Bertz CT molecular complexity index is 672. The Kier molecular flexibility index (Phi) is 6.06. The average Bonchev–Trinajstić information content (AvgIpc) is 3.14. The number of amides is 2. The molecular weight excluding hydrogens is 316 g/mol. The highest BCUT2D eigenvalue weighted by molar-refractivity contribution is 5.74. The number of imidazole rings is 1. The molecule has 0 saturated heterocycles. The predicted octanol–water partition coefficient (Wildman–Crippen LogP) is 2.28. The maximum Gasteiger partial charge on any atom is 0.315 e. The minimum Gasteiger partial charge on any atom is -0.396 e. The van der Waals surface area contributed by atoms with E-state index in [1.807, 2.05) is 22.9 Å². The lowest BCUT2D eigenvalue weighted by atomic mass is 9.85. The average molecular weight is 342 g/mol. The van der Waals surface area contributed by atoms with Gasteiger partial charge < -0.3 is 20.3 Å². The highest BCUT2D eigenvalue weighted by Crippen LogP contribution is 2.23. The summed E-state index contributed by atoms with van der Waals surface area (Å²) in [5.74, 6) is 0.179. The minimum atomic E-state index is -0.162. The number of carbonyl (C=O) groups excluding carboxylic acids is 1. The molecule has 0 spiro atoms. The van der Waals surface area contributed by atoms with Crippen LogP contribution >= 0.6 is 0 Å². The molecule has 1 aliphatic carbocycles. The third-order valence-corrected chi connectivity index (χ3v) is 4.83. The molecule has 0 bridgehead atoms. The quantitative estimate of drug-likeness (QED) is 0.753. The fraction of sp³-hybridized carbons (Fsp3) is 0.474. The Labute approximate surface area is 148 Å². The van der Waals surface area contributed by atoms with Crippen molar-refractivity contribution in [3.8, 4) is 0 Å². The number of aromatic nitrogens is 2. The van der Waals surface area contributed by atoms with E-state index in [1.165, 1.54) is 5.56 Å². The van der Waals surface area contributed by atoms with Crippen molar-refractivity contribution in [3.63, 3.8) is 0 Å². The molecule has 1 heterocycles. The van der Waals surface area contributed by atoms with Gasteiger partial charge in [0, 0.05) is 44.0 Å². The van der Waals surface area contributed by atoms with Gasteiger partial charge >= 0.3 is 6.03 Å². The van der Waals surface area contributed by atoms with Crippen molar-refractivity contribution >= 4 is 6.03 Å². The zero-order chi connectivity index (χ0) is 17.5. The van der Waals surface area contributed by atoms with Crippen molar-refractivity contribution in [1.82, 2.24) is 20.2 Å². The standard InChI is InChI=1S/C19H26N4O2/c24-13-17-6-1-2-7-18(17)22-19(25)21-11-15-4-3-5-16(10-15)12-23-9-8-20-14-23/h3-5,8-10,14,17-18,24H,1-2,6-7,11-13H2,(H2,21,22,25). The molecule has 3 N–H and O–H groups in total. The third kappa shape index (κ3) is 5.06. The normalized spacial score (nSPS) is 20.2. The van der Waals surface area contributed by atoms with Crippen molar-refractivity contribution in [3.05, 3.63) is 54.1 Å². The second-order valence-electron chi connectivity index (χ2n) is 6.72. The van der Waals surface area contributed by atoms with Crippen LogP contribution in [0.4, 0.5) is 4.79 Å². The molecule has 25 heavy (non-hydrogen) atoms. The number of carbonyl (C=O) groups is 1. The van der Waals surface area contributed by atoms with E-state index in [2.05, 4.69) is 27.8 Å². The van der Waals surface area contributed by atoms with Gasteiger partial charge in [0.05, 0.1) is 6.33 Å². The second-order valence-corrected chi connectivity index (χ2v) is 6.72. The third-order valence-electron chi connectivity index (χ3n) is 4.83. The number of hydrogen-bond acceptors (Lipinski definition) is 3. The van der Waals surface area contributed by atoms with E-state index in [9.17, 15) is 9.90 Å². The summed E-state index contributed by atoms with van der Waals surface area (Å²) in [5, 5.41) is 15.4. The SMILES string of the molecule is O=C(NCc1cccc(Cn2ccnc2)c1)NC1CCCCC1CO. The van der Waals surface area contributed by atoms with Crippen molar-refractivity contribution in [2.45, 2.75) is 44.8 Å². The monoisotopic (exact) mass is 342 g/mol. The van der Waals surface area contributed by atoms with Gasteiger partial charge in [-0.1, -0.05) is 37.1 Å². The van der Waals surface area contributed by atoms with Crippen LogP contribution in [0.2, 0.25) is 0 Å². The van der Waals surface area contributed by atoms with E-state index in [4.69, 9.17) is 0 Å². The largest absolute Gasteiger partial charge is 0.396 e. The van der Waals surface area contributed by atoms with Crippen LogP contribution in [0.5, 0.6) is 0 Å². The number of hydrogen-bond donors (Lipinski definition) is 3. The van der Waals surface area contributed by atoms with Crippen LogP contribution in [0.25, 0.3) is 0 Å². The van der Waals surface area contributed by atoms with Crippen molar-refractivity contribution in [2.75, 3.05) is 6.61 Å². The molecular formula is C19H26N4O2. The van der Waals surface area contributed by atoms with E-state index in [-0.39, 0.29) is 24.6 Å². The van der Waals surface area contributed by atoms with Gasteiger partial charge in [-0.2, -0.15) is 0 Å². The molecule has 2 atom stereocenters. The summed E-state index contributed by atoms with van der Waals surface area (Å²) in [5.41, 5.74) is 2.24. The molecule has 1 aromatic heterocycles. The van der Waals surface area contributed by atoms with Crippen LogP contribution in [0, 0.1) is 5.92 Å². The number of aliphatic hydroxyl groups is 1. The van der Waals surface area contributed by atoms with Gasteiger partial charge in [0.2, 0.25) is 0 Å². The van der Waals surface area contributed by atoms with E-state index < -0.39 is 0 Å². The van der Waals surface area contributed by atoms with Gasteiger partial charge in [0.25, 0.3) is 0 Å². The maximum absolute atomic E-state index is 12.2. The summed E-state index contributed by atoms with van der Waals surface area (Å²) in [6, 6.07) is 8.09. The Morgan fingerprint density at radius 2 is 2.12 bits per heavy atom. The van der Waals surface area contributed by atoms with Gasteiger partial charge in [-0.15, -0.1) is 0 Å². The molecule has 1 saturated carbocycles. The van der Waals surface area contributed by atoms with Gasteiger partial charge in [0.1, 0.15) is 0 Å². The summed E-state index contributed by atoms with van der Waals surface area (Å²) in [6.07, 6.45) is 9.66. The molecule has 1 aliphatic rings. The summed E-state index contributed by atoms with van der Waals surface area (Å²) in [4.78, 5) is 16.2. The fourth-order valence-corrected chi connectivity index (χ4v) is 3.45. The Morgan fingerprint density at radius 1 is 1.28 bits per heavy atom. The summed E-state index contributed by atoms with van der Waals surface area (Å²) in [7, 11) is 0. The van der Waals surface area contributed by atoms with Gasteiger partial charge in [-0.05, 0) is 24.0 Å². The molecule has 134 valence electrons. The lowest BCUT2D eigenvalue weighted by Gasteiger charge is -2.30. The molecule has 0 aliphatic heterocycles. The minimum absolute atomic E-state index is 0.0753. The number of aliphatic hydroxyl groups excluding tert-OH is 1. The summed E-state index contributed by atoms with van der Waals surface area (Å²) < 4.78 is 2.01. The van der Waals surface area contributed by atoms with Crippen LogP contribution in [0.15, 0.2) is 43.0 Å². The van der Waals surface area contributed by atoms with Crippen molar-refractivity contribution < 1.29 is 9.90 Å². The van der Waals surface area contributed by atoms with E-state index in [0.717, 1.165) is 37.8 Å². The van der Waals surface area contributed by atoms with Gasteiger partial charge in [-0.3, -0.25) is 0 Å². The fourth-order valence-electron chi connectivity index (χ4n) is 3.45. The Balaban J connectivity index is 1.50. The number of benzene rings is 1. The zero-order valence-electron chi connectivity index (χ0n) is 14.4. The zero-order valence-corrected chi connectivity index (χ0v) is 14.4. The van der Waals surface area contributed by atoms with Gasteiger partial charge in [0.15, 0.2) is 0 Å². The molecule has 3 rings (SSSR count). The first-order valence-corrected chi connectivity index (χ1v) is 8.93. The molecule has 6 nitrogen and oxygen atoms in total. The van der Waals surface area contributed by atoms with Crippen molar-refractivity contribution in [2.24, 2.45) is 5.92 Å². The number of nitrogens with one attached hydrogen (secondary N) is 2. The predicted molar refractivity (Wildman–Crippen MR) is 96.0 cm³/mol. The topological polar surface area (TPSA) is 79.2 Å². The van der Waals surface area contributed by atoms with Crippen LogP contribution < -0.4 is 10.6 Å². The first-order chi connectivity index (χ1) is 12.2. The first kappa shape index (κ1) is 17.5. The molecule has 2 amide bonds. The number of urea groups is 1. The first-order valence-electron chi connectivity index (χ1n) is 8.93. The number of rotatable bonds is 6. The van der Waals surface area contributed by atoms with Gasteiger partial charge in [-0.25, -0.2) is 9.78 Å².